The lowest BCUT2D eigenvalue weighted by Crippen LogP contribution is -2.29. The smallest absolute Gasteiger partial charge is 0.274 e. The van der Waals surface area contributed by atoms with Crippen molar-refractivity contribution < 1.29 is 14.6 Å². The Hall–Kier alpha value is -3.25. The van der Waals surface area contributed by atoms with Crippen LogP contribution in [0.1, 0.15) is 58.3 Å². The second-order valence-corrected chi connectivity index (χ2v) is 8.61. The first-order valence-electron chi connectivity index (χ1n) is 11.2. The molecule has 1 atom stereocenters. The average Bonchev–Trinajstić information content (AvgIpc) is 3.59. The van der Waals surface area contributed by atoms with Crippen molar-refractivity contribution in [3.8, 4) is 17.0 Å². The van der Waals surface area contributed by atoms with Crippen LogP contribution >= 0.6 is 0 Å². The summed E-state index contributed by atoms with van der Waals surface area (Å²) in [5.41, 5.74) is 6.20. The van der Waals surface area contributed by atoms with E-state index in [0.717, 1.165) is 23.1 Å². The molecule has 3 aromatic rings. The lowest BCUT2D eigenvalue weighted by atomic mass is 9.89. The molecule has 1 aliphatic heterocycles. The maximum absolute atomic E-state index is 12.9. The van der Waals surface area contributed by atoms with Gasteiger partial charge in [0.25, 0.3) is 5.91 Å². The summed E-state index contributed by atoms with van der Waals surface area (Å²) in [5.74, 6) is 1.12. The van der Waals surface area contributed by atoms with Crippen molar-refractivity contribution in [1.29, 1.82) is 0 Å². The highest BCUT2D eigenvalue weighted by Gasteiger charge is 2.30. The van der Waals surface area contributed by atoms with E-state index in [4.69, 9.17) is 4.74 Å². The third-order valence-corrected chi connectivity index (χ3v) is 6.57. The van der Waals surface area contributed by atoms with E-state index in [9.17, 15) is 9.90 Å². The quantitative estimate of drug-likeness (QED) is 0.637. The third-order valence-electron chi connectivity index (χ3n) is 6.57. The molecular formula is C26H27N3O3. The molecule has 2 aliphatic rings. The summed E-state index contributed by atoms with van der Waals surface area (Å²) in [4.78, 5) is 22.9. The highest BCUT2D eigenvalue weighted by molar-refractivity contribution is 5.92. The lowest BCUT2D eigenvalue weighted by Gasteiger charge is -2.19. The number of carbonyl (C=O) groups is 1. The Balaban J connectivity index is 1.35. The standard InChI is InChI=1S/C26H27N3O3/c1-32-25-14-27-24(13-28-25)26(31)29-11-10-19(15-29)21-9-8-18(12-20(21)16-30)23-5-3-2-4-22(23)17-6-7-17/h2-5,8-9,12-14,17,19,30H,6-7,10-11,15-16H2,1H3. The number of hydrogen-bond donors (Lipinski definition) is 1. The van der Waals surface area contributed by atoms with Crippen molar-refractivity contribution in [3.63, 3.8) is 0 Å². The van der Waals surface area contributed by atoms with Gasteiger partial charge in [-0.2, -0.15) is 0 Å². The summed E-state index contributed by atoms with van der Waals surface area (Å²) in [5, 5.41) is 10.1. The van der Waals surface area contributed by atoms with Gasteiger partial charge < -0.3 is 14.7 Å². The number of ether oxygens (including phenoxy) is 1. The molecular weight excluding hydrogens is 402 g/mol. The molecule has 6 nitrogen and oxygen atoms in total. The van der Waals surface area contributed by atoms with E-state index < -0.39 is 0 Å². The van der Waals surface area contributed by atoms with Crippen LogP contribution in [0.2, 0.25) is 0 Å². The van der Waals surface area contributed by atoms with Gasteiger partial charge in [0.15, 0.2) is 0 Å². The molecule has 6 heteroatoms. The van der Waals surface area contributed by atoms with Gasteiger partial charge in [-0.3, -0.25) is 4.79 Å². The largest absolute Gasteiger partial charge is 0.480 e. The summed E-state index contributed by atoms with van der Waals surface area (Å²) in [6, 6.07) is 15.0. The number of methoxy groups -OCH3 is 1. The Morgan fingerprint density at radius 2 is 1.91 bits per heavy atom. The molecule has 164 valence electrons. The van der Waals surface area contributed by atoms with Crippen LogP contribution in [0.3, 0.4) is 0 Å². The molecule has 5 rings (SSSR count). The second kappa shape index (κ2) is 8.71. The summed E-state index contributed by atoms with van der Waals surface area (Å²) in [6.45, 7) is 1.26. The van der Waals surface area contributed by atoms with Crippen molar-refractivity contribution in [2.75, 3.05) is 20.2 Å². The maximum Gasteiger partial charge on any atom is 0.274 e. The molecule has 1 amide bonds. The van der Waals surface area contributed by atoms with Crippen LogP contribution in [0.25, 0.3) is 11.1 Å². The van der Waals surface area contributed by atoms with E-state index in [-0.39, 0.29) is 18.4 Å². The lowest BCUT2D eigenvalue weighted by molar-refractivity contribution is 0.0784. The van der Waals surface area contributed by atoms with Crippen molar-refractivity contribution in [2.24, 2.45) is 0 Å². The molecule has 0 spiro atoms. The van der Waals surface area contributed by atoms with Crippen LogP contribution in [0.4, 0.5) is 0 Å². The fourth-order valence-corrected chi connectivity index (χ4v) is 4.71. The molecule has 32 heavy (non-hydrogen) atoms. The SMILES string of the molecule is COc1cnc(C(=O)N2CCC(c3ccc(-c4ccccc4C4CC4)cc3CO)C2)cn1. The summed E-state index contributed by atoms with van der Waals surface area (Å²) < 4.78 is 5.02. The van der Waals surface area contributed by atoms with Gasteiger partial charge in [0.2, 0.25) is 5.88 Å². The maximum atomic E-state index is 12.9. The number of benzene rings is 2. The third kappa shape index (κ3) is 3.98. The molecule has 1 N–H and O–H groups in total. The molecule has 1 aromatic heterocycles. The minimum Gasteiger partial charge on any atom is -0.480 e. The van der Waals surface area contributed by atoms with Crippen molar-refractivity contribution in [2.45, 2.75) is 37.7 Å². The number of hydrogen-bond acceptors (Lipinski definition) is 5. The highest BCUT2D eigenvalue weighted by atomic mass is 16.5. The van der Waals surface area contributed by atoms with Crippen LogP contribution in [0.5, 0.6) is 5.88 Å². The molecule has 1 saturated heterocycles. The monoisotopic (exact) mass is 429 g/mol. The zero-order chi connectivity index (χ0) is 22.1. The fraction of sp³-hybridized carbons (Fsp3) is 0.346. The molecule has 2 aromatic carbocycles. The zero-order valence-electron chi connectivity index (χ0n) is 18.2. The topological polar surface area (TPSA) is 75.5 Å². The molecule has 2 heterocycles. The first-order valence-corrected chi connectivity index (χ1v) is 11.2. The minimum atomic E-state index is -0.122. The van der Waals surface area contributed by atoms with E-state index in [1.807, 2.05) is 4.90 Å². The zero-order valence-corrected chi connectivity index (χ0v) is 18.2. The normalized spacial score (nSPS) is 18.1. The van der Waals surface area contributed by atoms with Gasteiger partial charge in [-0.05, 0) is 59.1 Å². The second-order valence-electron chi connectivity index (χ2n) is 8.61. The van der Waals surface area contributed by atoms with Crippen LogP contribution in [-0.4, -0.2) is 46.1 Å². The van der Waals surface area contributed by atoms with Crippen molar-refractivity contribution in [1.82, 2.24) is 14.9 Å². The van der Waals surface area contributed by atoms with Crippen molar-refractivity contribution in [3.05, 3.63) is 77.2 Å². The van der Waals surface area contributed by atoms with Crippen molar-refractivity contribution >= 4 is 5.91 Å². The van der Waals surface area contributed by atoms with E-state index in [0.29, 0.717) is 30.6 Å². The van der Waals surface area contributed by atoms with Gasteiger partial charge in [-0.1, -0.05) is 36.4 Å². The van der Waals surface area contributed by atoms with Gasteiger partial charge in [0, 0.05) is 19.0 Å². The van der Waals surface area contributed by atoms with E-state index in [2.05, 4.69) is 52.4 Å². The molecule has 2 fully saturated rings. The van der Waals surface area contributed by atoms with Crippen LogP contribution in [-0.2, 0) is 6.61 Å². The number of amides is 1. The number of aliphatic hydroxyl groups is 1. The van der Waals surface area contributed by atoms with Gasteiger partial charge in [-0.25, -0.2) is 9.97 Å². The Labute approximate surface area is 187 Å². The van der Waals surface area contributed by atoms with E-state index >= 15 is 0 Å². The van der Waals surface area contributed by atoms with E-state index in [1.165, 1.54) is 43.5 Å². The molecule has 0 radical (unpaired) electrons. The Bertz CT molecular complexity index is 1130. The summed E-state index contributed by atoms with van der Waals surface area (Å²) >= 11 is 0. The van der Waals surface area contributed by atoms with Gasteiger partial charge in [0.1, 0.15) is 5.69 Å². The van der Waals surface area contributed by atoms with Crippen LogP contribution in [0, 0.1) is 0 Å². The van der Waals surface area contributed by atoms with Crippen LogP contribution in [0.15, 0.2) is 54.9 Å². The first kappa shape index (κ1) is 20.6. The van der Waals surface area contributed by atoms with Gasteiger partial charge >= 0.3 is 0 Å². The number of aliphatic hydroxyl groups excluding tert-OH is 1. The summed E-state index contributed by atoms with van der Waals surface area (Å²) in [6.07, 6.45) is 6.29. The number of aromatic nitrogens is 2. The molecule has 1 saturated carbocycles. The summed E-state index contributed by atoms with van der Waals surface area (Å²) in [7, 11) is 1.52. The van der Waals surface area contributed by atoms with E-state index in [1.54, 1.807) is 0 Å². The fourth-order valence-electron chi connectivity index (χ4n) is 4.71. The Morgan fingerprint density at radius 3 is 2.62 bits per heavy atom. The predicted molar refractivity (Wildman–Crippen MR) is 122 cm³/mol. The number of rotatable bonds is 6. The Kier molecular flexibility index (Phi) is 5.62. The molecule has 0 bridgehead atoms. The van der Waals surface area contributed by atoms with Crippen LogP contribution < -0.4 is 4.74 Å². The minimum absolute atomic E-state index is 0.0107. The number of nitrogens with zero attached hydrogens (tertiary/aromatic N) is 3. The predicted octanol–water partition coefficient (Wildman–Crippen LogP) is 4.15. The first-order chi connectivity index (χ1) is 15.7. The molecule has 1 aliphatic carbocycles. The molecule has 1 unspecified atom stereocenters. The highest BCUT2D eigenvalue weighted by Crippen LogP contribution is 2.44. The van der Waals surface area contributed by atoms with Gasteiger partial charge in [0.05, 0.1) is 26.1 Å². The van der Waals surface area contributed by atoms with Gasteiger partial charge in [-0.15, -0.1) is 0 Å². The average molecular weight is 430 g/mol. The number of likely N-dealkylation sites (tertiary alicyclic amines) is 1. The Morgan fingerprint density at radius 1 is 1.06 bits per heavy atom. The number of carbonyl (C=O) groups excluding carboxylic acids is 1.